The molecule has 296 valence electrons. The van der Waals surface area contributed by atoms with Gasteiger partial charge in [-0.25, -0.2) is 0 Å². The molecule has 2 heterocycles. The van der Waals surface area contributed by atoms with Gasteiger partial charge in [-0.15, -0.1) is 0 Å². The van der Waals surface area contributed by atoms with Gasteiger partial charge in [-0.05, 0) is 79.9 Å². The largest absolute Gasteiger partial charge is 0.508 e. The fourth-order valence-electron chi connectivity index (χ4n) is 7.32. The fraction of sp³-hybridized carbons (Fsp3) is 0.700. The summed E-state index contributed by atoms with van der Waals surface area (Å²) in [6.45, 7) is 15.8. The fourth-order valence-corrected chi connectivity index (χ4v) is 7.32. The second kappa shape index (κ2) is 19.3. The Morgan fingerprint density at radius 1 is 0.604 bits per heavy atom. The van der Waals surface area contributed by atoms with E-state index in [0.29, 0.717) is 50.6 Å². The molecule has 13 nitrogen and oxygen atoms in total. The molecule has 6 amide bonds. The zero-order valence-electron chi connectivity index (χ0n) is 33.5. The van der Waals surface area contributed by atoms with Crippen LogP contribution in [0.15, 0.2) is 24.3 Å². The first-order valence-corrected chi connectivity index (χ1v) is 19.3. The van der Waals surface area contributed by atoms with Crippen molar-refractivity contribution < 1.29 is 33.9 Å². The third-order valence-corrected chi connectivity index (χ3v) is 10.1. The second-order valence-electron chi connectivity index (χ2n) is 16.7. The van der Waals surface area contributed by atoms with E-state index in [1.54, 1.807) is 19.2 Å². The summed E-state index contributed by atoms with van der Waals surface area (Å²) in [4.78, 5) is 89.9. The van der Waals surface area contributed by atoms with Crippen molar-refractivity contribution in [3.8, 4) is 5.75 Å². The summed E-state index contributed by atoms with van der Waals surface area (Å²) in [6.07, 6.45) is 2.21. The molecule has 53 heavy (non-hydrogen) atoms. The van der Waals surface area contributed by atoms with Crippen LogP contribution in [0.1, 0.15) is 99.5 Å². The smallest absolute Gasteiger partial charge is 0.245 e. The molecule has 1 aromatic carbocycles. The lowest BCUT2D eigenvalue weighted by molar-refractivity contribution is -0.150. The van der Waals surface area contributed by atoms with Gasteiger partial charge in [0.1, 0.15) is 42.0 Å². The minimum Gasteiger partial charge on any atom is -0.508 e. The third kappa shape index (κ3) is 11.9. The van der Waals surface area contributed by atoms with Crippen LogP contribution in [0.4, 0.5) is 0 Å². The molecule has 2 aliphatic rings. The highest BCUT2D eigenvalue weighted by molar-refractivity contribution is 5.98. The van der Waals surface area contributed by atoms with E-state index in [2.05, 4.69) is 16.0 Å². The first kappa shape index (κ1) is 43.2. The Hall–Kier alpha value is -4.16. The van der Waals surface area contributed by atoms with Crippen LogP contribution in [0.3, 0.4) is 0 Å². The van der Waals surface area contributed by atoms with Crippen molar-refractivity contribution in [1.29, 1.82) is 0 Å². The number of phenols is 1. The van der Waals surface area contributed by atoms with Crippen molar-refractivity contribution in [2.75, 3.05) is 20.6 Å². The normalized spacial score (nSPS) is 25.9. The van der Waals surface area contributed by atoms with Crippen molar-refractivity contribution in [1.82, 2.24) is 30.7 Å². The van der Waals surface area contributed by atoms with E-state index >= 15 is 0 Å². The van der Waals surface area contributed by atoms with Crippen molar-refractivity contribution in [2.45, 2.75) is 137 Å². The maximum Gasteiger partial charge on any atom is 0.245 e. The molecule has 0 unspecified atom stereocenters. The van der Waals surface area contributed by atoms with E-state index in [4.69, 9.17) is 0 Å². The monoisotopic (exact) mass is 740 g/mol. The number of hydrogen-bond acceptors (Lipinski definition) is 7. The topological polar surface area (TPSA) is 168 Å². The van der Waals surface area contributed by atoms with Gasteiger partial charge in [0.05, 0.1) is 0 Å². The van der Waals surface area contributed by atoms with Crippen LogP contribution in [0.5, 0.6) is 5.75 Å². The van der Waals surface area contributed by atoms with Crippen LogP contribution in [0.25, 0.3) is 0 Å². The molecule has 13 heteroatoms. The Kier molecular flexibility index (Phi) is 15.7. The summed E-state index contributed by atoms with van der Waals surface area (Å²) >= 11 is 0. The lowest BCUT2D eigenvalue weighted by Gasteiger charge is -2.38. The van der Waals surface area contributed by atoms with E-state index in [-0.39, 0.29) is 41.7 Å². The number of fused-ring (bicyclic) bond motifs is 1. The summed E-state index contributed by atoms with van der Waals surface area (Å²) in [5.41, 5.74) is 0.671. The summed E-state index contributed by atoms with van der Waals surface area (Å²) in [7, 11) is 3.09. The molecule has 0 bridgehead atoms. The SMILES string of the molecule is CC(C)C[C@@H]1NC(=O)[C@@H](CC(C)C)N(C)C(=O)[C@@H](CC(C)C)N(C)C(=O)[C@H](Cc2ccc(O)cc2)NC(=O)[C@@H]2CCCN2C(=O)[C@@H](CC(C)C)NC1=O. The van der Waals surface area contributed by atoms with Gasteiger partial charge in [-0.2, -0.15) is 0 Å². The van der Waals surface area contributed by atoms with Crippen LogP contribution < -0.4 is 16.0 Å². The minimum absolute atomic E-state index is 0.00509. The Labute approximate surface area is 316 Å². The zero-order chi connectivity index (χ0) is 39.7. The number of phenolic OH excluding ortho intramolecular Hbond substituents is 1. The molecule has 2 aliphatic heterocycles. The van der Waals surface area contributed by atoms with Gasteiger partial charge in [0.2, 0.25) is 35.4 Å². The molecule has 4 N–H and O–H groups in total. The summed E-state index contributed by atoms with van der Waals surface area (Å²) < 4.78 is 0. The number of hydrogen-bond donors (Lipinski definition) is 4. The highest BCUT2D eigenvalue weighted by Crippen LogP contribution is 2.24. The summed E-state index contributed by atoms with van der Waals surface area (Å²) in [5, 5.41) is 18.7. The minimum atomic E-state index is -1.11. The van der Waals surface area contributed by atoms with Crippen molar-refractivity contribution in [3.05, 3.63) is 29.8 Å². The van der Waals surface area contributed by atoms with E-state index < -0.39 is 65.8 Å². The van der Waals surface area contributed by atoms with Crippen LogP contribution in [0, 0.1) is 23.7 Å². The van der Waals surface area contributed by atoms with Gasteiger partial charge in [-0.1, -0.05) is 67.5 Å². The third-order valence-electron chi connectivity index (χ3n) is 10.1. The lowest BCUT2D eigenvalue weighted by atomic mass is 9.96. The molecule has 0 aliphatic carbocycles. The number of amides is 6. The van der Waals surface area contributed by atoms with E-state index in [1.165, 1.54) is 33.9 Å². The van der Waals surface area contributed by atoms with Crippen molar-refractivity contribution >= 4 is 35.4 Å². The maximum atomic E-state index is 14.5. The predicted molar refractivity (Wildman–Crippen MR) is 203 cm³/mol. The average Bonchev–Trinajstić information content (AvgIpc) is 3.57. The van der Waals surface area contributed by atoms with Crippen LogP contribution in [-0.4, -0.2) is 112 Å². The Balaban J connectivity index is 2.19. The van der Waals surface area contributed by atoms with Gasteiger partial charge >= 0.3 is 0 Å². The number of rotatable bonds is 10. The van der Waals surface area contributed by atoms with E-state index in [0.717, 1.165) is 0 Å². The number of carbonyl (C=O) groups excluding carboxylic acids is 6. The molecule has 0 spiro atoms. The quantitative estimate of drug-likeness (QED) is 0.286. The Bertz CT molecular complexity index is 1450. The molecular formula is C40H64N6O7. The number of benzene rings is 1. The number of carbonyl (C=O) groups is 6. The predicted octanol–water partition coefficient (Wildman–Crippen LogP) is 3.23. The van der Waals surface area contributed by atoms with Crippen LogP contribution in [0.2, 0.25) is 0 Å². The highest BCUT2D eigenvalue weighted by Gasteiger charge is 2.42. The van der Waals surface area contributed by atoms with Crippen molar-refractivity contribution in [3.63, 3.8) is 0 Å². The van der Waals surface area contributed by atoms with Crippen molar-refractivity contribution in [2.24, 2.45) is 23.7 Å². The average molecular weight is 741 g/mol. The second-order valence-corrected chi connectivity index (χ2v) is 16.7. The lowest BCUT2D eigenvalue weighted by Crippen LogP contribution is -2.62. The van der Waals surface area contributed by atoms with Gasteiger partial charge in [-0.3, -0.25) is 28.8 Å². The summed E-state index contributed by atoms with van der Waals surface area (Å²) in [6, 6.07) is 0.489. The van der Waals surface area contributed by atoms with Crippen LogP contribution >= 0.6 is 0 Å². The molecule has 2 fully saturated rings. The number of nitrogens with one attached hydrogen (secondary N) is 3. The van der Waals surface area contributed by atoms with Gasteiger partial charge in [0.25, 0.3) is 0 Å². The first-order valence-electron chi connectivity index (χ1n) is 19.3. The van der Waals surface area contributed by atoms with E-state index in [1.807, 2.05) is 55.4 Å². The number of likely N-dealkylation sites (N-methyl/N-ethyl adjacent to an activating group) is 2. The van der Waals surface area contributed by atoms with E-state index in [9.17, 15) is 33.9 Å². The van der Waals surface area contributed by atoms with Gasteiger partial charge < -0.3 is 35.8 Å². The van der Waals surface area contributed by atoms with Crippen LogP contribution in [-0.2, 0) is 35.2 Å². The number of nitrogens with zero attached hydrogens (tertiary/aromatic N) is 3. The number of aromatic hydroxyl groups is 1. The standard InChI is InChI=1S/C40H64N6O7/c1-23(2)18-29-35(48)42-30(19-24(3)4)39(52)46-17-11-12-32(46)36(49)43-31(22-27-13-15-28(47)16-14-27)38(51)45(10)34(21-26(7)8)40(53)44(9)33(20-25(5)6)37(50)41-29/h13-16,23-26,29-34,47H,11-12,17-22H2,1-10H3,(H,41,50)(H,42,48)(H,43,49)/t29-,30+,31-,32-,33+,34+/m0/s1. The molecular weight excluding hydrogens is 676 g/mol. The zero-order valence-corrected chi connectivity index (χ0v) is 33.5. The molecule has 0 aromatic heterocycles. The summed E-state index contributed by atoms with van der Waals surface area (Å²) in [5.74, 6) is -2.72. The maximum absolute atomic E-state index is 14.5. The highest BCUT2D eigenvalue weighted by atomic mass is 16.3. The molecule has 2 saturated heterocycles. The first-order chi connectivity index (χ1) is 24.8. The molecule has 0 saturated carbocycles. The van der Waals surface area contributed by atoms with Gasteiger partial charge in [0.15, 0.2) is 0 Å². The molecule has 3 rings (SSSR count). The molecule has 0 radical (unpaired) electrons. The molecule has 1 aromatic rings. The Morgan fingerprint density at radius 2 is 1.09 bits per heavy atom. The molecule has 6 atom stereocenters. The van der Waals surface area contributed by atoms with Gasteiger partial charge in [0, 0.05) is 27.1 Å². The Morgan fingerprint density at radius 3 is 1.66 bits per heavy atom.